The van der Waals surface area contributed by atoms with Gasteiger partial charge >= 0.3 is 0 Å². The second-order valence-corrected chi connectivity index (χ2v) is 5.91. The standard InChI is InChI=1S/C16H16FNO2S/c17-13-1-5-15(6-2-13)20-10-16(19)18(14-3-4-14)9-12-7-8-21-11-12/h1-2,5-8,11,14H,3-4,9-10H2. The molecule has 1 saturated carbocycles. The maximum Gasteiger partial charge on any atom is 0.261 e. The molecule has 1 heterocycles. The number of carbonyl (C=O) groups is 1. The van der Waals surface area contributed by atoms with Crippen LogP contribution >= 0.6 is 11.3 Å². The zero-order valence-electron chi connectivity index (χ0n) is 11.5. The second kappa shape index (κ2) is 6.26. The Bertz CT molecular complexity index is 593. The molecule has 1 aliphatic rings. The third kappa shape index (κ3) is 3.82. The molecule has 1 aromatic carbocycles. The minimum Gasteiger partial charge on any atom is -0.484 e. The molecule has 3 rings (SSSR count). The van der Waals surface area contributed by atoms with Crippen LogP contribution in [0.15, 0.2) is 41.1 Å². The molecule has 0 bridgehead atoms. The SMILES string of the molecule is O=C(COc1ccc(F)cc1)N(Cc1ccsc1)C1CC1. The third-order valence-electron chi connectivity index (χ3n) is 3.42. The van der Waals surface area contributed by atoms with Crippen molar-refractivity contribution in [3.05, 3.63) is 52.5 Å². The van der Waals surface area contributed by atoms with Crippen LogP contribution in [0.25, 0.3) is 0 Å². The Morgan fingerprint density at radius 3 is 2.67 bits per heavy atom. The molecule has 0 N–H and O–H groups in total. The molecule has 5 heteroatoms. The second-order valence-electron chi connectivity index (χ2n) is 5.13. The van der Waals surface area contributed by atoms with Gasteiger partial charge in [0.1, 0.15) is 11.6 Å². The quantitative estimate of drug-likeness (QED) is 0.818. The Labute approximate surface area is 127 Å². The first-order valence-corrected chi connectivity index (χ1v) is 7.85. The van der Waals surface area contributed by atoms with Gasteiger partial charge in [0, 0.05) is 12.6 Å². The summed E-state index contributed by atoms with van der Waals surface area (Å²) in [6.45, 7) is 0.631. The summed E-state index contributed by atoms with van der Waals surface area (Å²) in [6.07, 6.45) is 2.12. The first kappa shape index (κ1) is 14.1. The lowest BCUT2D eigenvalue weighted by molar-refractivity contribution is -0.134. The van der Waals surface area contributed by atoms with E-state index in [-0.39, 0.29) is 18.3 Å². The summed E-state index contributed by atoms with van der Waals surface area (Å²) >= 11 is 1.63. The highest BCUT2D eigenvalue weighted by Gasteiger charge is 2.32. The normalized spacial score (nSPS) is 14.0. The lowest BCUT2D eigenvalue weighted by Crippen LogP contribution is -2.36. The molecule has 0 unspecified atom stereocenters. The molecule has 110 valence electrons. The number of hydrogen-bond donors (Lipinski definition) is 0. The number of nitrogens with zero attached hydrogens (tertiary/aromatic N) is 1. The van der Waals surface area contributed by atoms with Gasteiger partial charge in [-0.3, -0.25) is 4.79 Å². The largest absolute Gasteiger partial charge is 0.484 e. The highest BCUT2D eigenvalue weighted by Crippen LogP contribution is 2.29. The predicted octanol–water partition coefficient (Wildman–Crippen LogP) is 3.46. The van der Waals surface area contributed by atoms with Crippen molar-refractivity contribution in [2.45, 2.75) is 25.4 Å². The fourth-order valence-electron chi connectivity index (χ4n) is 2.15. The van der Waals surface area contributed by atoms with E-state index in [1.54, 1.807) is 11.3 Å². The zero-order chi connectivity index (χ0) is 14.7. The number of thiophene rings is 1. The summed E-state index contributed by atoms with van der Waals surface area (Å²) in [7, 11) is 0. The van der Waals surface area contributed by atoms with E-state index >= 15 is 0 Å². The average molecular weight is 305 g/mol. The third-order valence-corrected chi connectivity index (χ3v) is 4.15. The monoisotopic (exact) mass is 305 g/mol. The molecule has 2 aromatic rings. The van der Waals surface area contributed by atoms with Crippen molar-refractivity contribution in [3.63, 3.8) is 0 Å². The van der Waals surface area contributed by atoms with Crippen LogP contribution in [-0.4, -0.2) is 23.5 Å². The molecule has 0 saturated heterocycles. The summed E-state index contributed by atoms with van der Waals surface area (Å²) in [5.74, 6) is 0.176. The molecule has 0 spiro atoms. The lowest BCUT2D eigenvalue weighted by Gasteiger charge is -2.22. The van der Waals surface area contributed by atoms with Crippen molar-refractivity contribution in [3.8, 4) is 5.75 Å². The van der Waals surface area contributed by atoms with E-state index in [1.807, 2.05) is 16.3 Å². The highest BCUT2D eigenvalue weighted by atomic mass is 32.1. The van der Waals surface area contributed by atoms with E-state index < -0.39 is 0 Å². The van der Waals surface area contributed by atoms with E-state index in [4.69, 9.17) is 4.74 Å². The molecule has 0 atom stereocenters. The fraction of sp³-hybridized carbons (Fsp3) is 0.312. The summed E-state index contributed by atoms with van der Waals surface area (Å²) in [4.78, 5) is 14.2. The number of rotatable bonds is 6. The highest BCUT2D eigenvalue weighted by molar-refractivity contribution is 7.07. The average Bonchev–Trinajstić information content (AvgIpc) is 3.20. The van der Waals surface area contributed by atoms with Gasteiger partial charge in [-0.25, -0.2) is 4.39 Å². The van der Waals surface area contributed by atoms with Crippen molar-refractivity contribution in [1.82, 2.24) is 4.90 Å². The topological polar surface area (TPSA) is 29.5 Å². The maximum absolute atomic E-state index is 12.8. The van der Waals surface area contributed by atoms with Gasteiger partial charge in [-0.05, 0) is 59.5 Å². The van der Waals surface area contributed by atoms with Crippen LogP contribution in [0, 0.1) is 5.82 Å². The Hall–Kier alpha value is -1.88. The lowest BCUT2D eigenvalue weighted by atomic mass is 10.3. The van der Waals surface area contributed by atoms with Gasteiger partial charge in [0.25, 0.3) is 5.91 Å². The number of hydrogen-bond acceptors (Lipinski definition) is 3. The van der Waals surface area contributed by atoms with E-state index in [9.17, 15) is 9.18 Å². The molecule has 1 aliphatic carbocycles. The molecule has 21 heavy (non-hydrogen) atoms. The van der Waals surface area contributed by atoms with Gasteiger partial charge in [-0.1, -0.05) is 0 Å². The van der Waals surface area contributed by atoms with Crippen LogP contribution in [0.2, 0.25) is 0 Å². The summed E-state index contributed by atoms with van der Waals surface area (Å²) < 4.78 is 18.3. The first-order valence-electron chi connectivity index (χ1n) is 6.91. The van der Waals surface area contributed by atoms with Crippen LogP contribution in [0.3, 0.4) is 0 Å². The van der Waals surface area contributed by atoms with Crippen molar-refractivity contribution < 1.29 is 13.9 Å². The number of amides is 1. The number of benzene rings is 1. The molecule has 0 aliphatic heterocycles. The van der Waals surface area contributed by atoms with Crippen LogP contribution in [0.5, 0.6) is 5.75 Å². The minimum absolute atomic E-state index is 0.00767. The van der Waals surface area contributed by atoms with Crippen LogP contribution in [-0.2, 0) is 11.3 Å². The van der Waals surface area contributed by atoms with E-state index in [1.165, 1.54) is 24.3 Å². The molecule has 1 fully saturated rings. The van der Waals surface area contributed by atoms with E-state index in [0.717, 1.165) is 18.4 Å². The van der Waals surface area contributed by atoms with Gasteiger partial charge < -0.3 is 9.64 Å². The number of ether oxygens (including phenoxy) is 1. The predicted molar refractivity (Wildman–Crippen MR) is 79.8 cm³/mol. The molecular formula is C16H16FNO2S. The van der Waals surface area contributed by atoms with E-state index in [2.05, 4.69) is 5.38 Å². The smallest absolute Gasteiger partial charge is 0.261 e. The van der Waals surface area contributed by atoms with Gasteiger partial charge in [0.05, 0.1) is 0 Å². The molecule has 3 nitrogen and oxygen atoms in total. The van der Waals surface area contributed by atoms with Crippen molar-refractivity contribution >= 4 is 17.2 Å². The van der Waals surface area contributed by atoms with Crippen molar-refractivity contribution in [2.24, 2.45) is 0 Å². The number of carbonyl (C=O) groups excluding carboxylic acids is 1. The zero-order valence-corrected chi connectivity index (χ0v) is 12.3. The van der Waals surface area contributed by atoms with Gasteiger partial charge in [-0.15, -0.1) is 0 Å². The van der Waals surface area contributed by atoms with Crippen molar-refractivity contribution in [1.29, 1.82) is 0 Å². The molecule has 1 aromatic heterocycles. The van der Waals surface area contributed by atoms with Crippen LogP contribution < -0.4 is 4.74 Å². The van der Waals surface area contributed by atoms with Crippen LogP contribution in [0.1, 0.15) is 18.4 Å². The van der Waals surface area contributed by atoms with Crippen molar-refractivity contribution in [2.75, 3.05) is 6.61 Å². The van der Waals surface area contributed by atoms with Gasteiger partial charge in [0.2, 0.25) is 0 Å². The molecule has 0 radical (unpaired) electrons. The summed E-state index contributed by atoms with van der Waals surface area (Å²) in [6, 6.07) is 8.09. The number of halogens is 1. The Kier molecular flexibility index (Phi) is 4.20. The fourth-order valence-corrected chi connectivity index (χ4v) is 2.81. The van der Waals surface area contributed by atoms with Crippen LogP contribution in [0.4, 0.5) is 4.39 Å². The van der Waals surface area contributed by atoms with Gasteiger partial charge in [-0.2, -0.15) is 11.3 Å². The van der Waals surface area contributed by atoms with E-state index in [0.29, 0.717) is 18.3 Å². The first-order chi connectivity index (χ1) is 10.2. The molecular weight excluding hydrogens is 289 g/mol. The van der Waals surface area contributed by atoms with Gasteiger partial charge in [0.15, 0.2) is 6.61 Å². The summed E-state index contributed by atoms with van der Waals surface area (Å²) in [5, 5.41) is 4.07. The molecule has 1 amide bonds. The Balaban J connectivity index is 1.58. The minimum atomic E-state index is -0.314. The summed E-state index contributed by atoms with van der Waals surface area (Å²) in [5.41, 5.74) is 1.15. The Morgan fingerprint density at radius 2 is 2.05 bits per heavy atom. The Morgan fingerprint density at radius 1 is 1.29 bits per heavy atom. The maximum atomic E-state index is 12.8.